The number of non-ortho nitro benzene ring substituents is 1. The van der Waals surface area contributed by atoms with Gasteiger partial charge in [-0.05, 0) is 12.5 Å². The van der Waals surface area contributed by atoms with Gasteiger partial charge in [-0.25, -0.2) is 0 Å². The van der Waals surface area contributed by atoms with Gasteiger partial charge in [0, 0.05) is 45.0 Å². The van der Waals surface area contributed by atoms with Crippen molar-refractivity contribution in [2.45, 2.75) is 18.7 Å². The van der Waals surface area contributed by atoms with Crippen molar-refractivity contribution >= 4 is 32.4 Å². The van der Waals surface area contributed by atoms with E-state index in [1.165, 1.54) is 12.1 Å². The van der Waals surface area contributed by atoms with Crippen LogP contribution >= 0.6 is 15.9 Å². The SMILES string of the molecule is CC(N)CS(=O)Cc1ccc([N+](=O)[O-])cc1Br. The van der Waals surface area contributed by atoms with Gasteiger partial charge in [-0.2, -0.15) is 0 Å². The van der Waals surface area contributed by atoms with Crippen molar-refractivity contribution in [3.63, 3.8) is 0 Å². The fourth-order valence-corrected chi connectivity index (χ4v) is 3.29. The molecule has 2 N–H and O–H groups in total. The highest BCUT2D eigenvalue weighted by Gasteiger charge is 2.11. The van der Waals surface area contributed by atoms with E-state index in [-0.39, 0.29) is 11.7 Å². The zero-order chi connectivity index (χ0) is 13.0. The van der Waals surface area contributed by atoms with Crippen molar-refractivity contribution in [1.29, 1.82) is 0 Å². The van der Waals surface area contributed by atoms with Gasteiger partial charge in [0.1, 0.15) is 0 Å². The lowest BCUT2D eigenvalue weighted by Gasteiger charge is -2.07. The number of hydrogen-bond acceptors (Lipinski definition) is 4. The fourth-order valence-electron chi connectivity index (χ4n) is 1.29. The van der Waals surface area contributed by atoms with Crippen LogP contribution in [0.4, 0.5) is 5.69 Å². The van der Waals surface area contributed by atoms with Crippen LogP contribution in [-0.2, 0) is 16.6 Å². The molecule has 0 amide bonds. The molecule has 0 bridgehead atoms. The second kappa shape index (κ2) is 6.23. The summed E-state index contributed by atoms with van der Waals surface area (Å²) >= 11 is 3.24. The van der Waals surface area contributed by atoms with E-state index in [9.17, 15) is 14.3 Å². The highest BCUT2D eigenvalue weighted by Crippen LogP contribution is 2.24. The zero-order valence-corrected chi connectivity index (χ0v) is 11.7. The molecule has 1 aromatic carbocycles. The lowest BCUT2D eigenvalue weighted by atomic mass is 10.2. The lowest BCUT2D eigenvalue weighted by molar-refractivity contribution is -0.384. The molecule has 0 heterocycles. The molecule has 0 fully saturated rings. The maximum atomic E-state index is 11.7. The second-order valence-corrected chi connectivity index (χ2v) is 6.12. The van der Waals surface area contributed by atoms with E-state index in [1.54, 1.807) is 13.0 Å². The summed E-state index contributed by atoms with van der Waals surface area (Å²) in [6.45, 7) is 1.79. The number of nitro benzene ring substituents is 1. The number of nitrogens with two attached hydrogens (primary N) is 1. The molecule has 7 heteroatoms. The zero-order valence-electron chi connectivity index (χ0n) is 9.26. The van der Waals surface area contributed by atoms with Crippen molar-refractivity contribution in [2.24, 2.45) is 5.73 Å². The topological polar surface area (TPSA) is 86.2 Å². The Morgan fingerprint density at radius 3 is 2.71 bits per heavy atom. The average Bonchev–Trinajstić information content (AvgIpc) is 2.19. The Balaban J connectivity index is 2.79. The maximum absolute atomic E-state index is 11.7. The Bertz CT molecular complexity index is 451. The van der Waals surface area contributed by atoms with E-state index in [2.05, 4.69) is 15.9 Å². The number of hydrogen-bond donors (Lipinski definition) is 1. The van der Waals surface area contributed by atoms with Gasteiger partial charge in [0.2, 0.25) is 0 Å². The normalized spacial score (nSPS) is 14.3. The van der Waals surface area contributed by atoms with Crippen molar-refractivity contribution in [2.75, 3.05) is 5.75 Å². The van der Waals surface area contributed by atoms with Crippen LogP contribution < -0.4 is 5.73 Å². The van der Waals surface area contributed by atoms with Gasteiger partial charge in [0.15, 0.2) is 0 Å². The van der Waals surface area contributed by atoms with Crippen LogP contribution in [-0.4, -0.2) is 20.9 Å². The number of nitrogens with zero attached hydrogens (tertiary/aromatic N) is 1. The van der Waals surface area contributed by atoms with E-state index in [4.69, 9.17) is 5.73 Å². The molecule has 0 spiro atoms. The van der Waals surface area contributed by atoms with Gasteiger partial charge in [-0.1, -0.05) is 22.0 Å². The molecule has 1 aromatic rings. The molecule has 94 valence electrons. The van der Waals surface area contributed by atoms with Gasteiger partial charge in [0.25, 0.3) is 5.69 Å². The van der Waals surface area contributed by atoms with Gasteiger partial charge in [-0.3, -0.25) is 14.3 Å². The third-order valence-corrected chi connectivity index (χ3v) is 4.28. The maximum Gasteiger partial charge on any atom is 0.270 e. The molecule has 0 aliphatic carbocycles. The largest absolute Gasteiger partial charge is 0.327 e. The van der Waals surface area contributed by atoms with Crippen LogP contribution in [0.5, 0.6) is 0 Å². The molecule has 5 nitrogen and oxygen atoms in total. The Hall–Kier alpha value is -0.790. The van der Waals surface area contributed by atoms with Crippen LogP contribution in [0.1, 0.15) is 12.5 Å². The second-order valence-electron chi connectivity index (χ2n) is 3.76. The van der Waals surface area contributed by atoms with Crippen LogP contribution in [0.25, 0.3) is 0 Å². The van der Waals surface area contributed by atoms with Gasteiger partial charge in [-0.15, -0.1) is 0 Å². The molecule has 0 radical (unpaired) electrons. The minimum Gasteiger partial charge on any atom is -0.327 e. The van der Waals surface area contributed by atoms with E-state index in [0.29, 0.717) is 16.0 Å². The summed E-state index contributed by atoms with van der Waals surface area (Å²) < 4.78 is 12.3. The first-order chi connectivity index (χ1) is 7.90. The molecule has 2 atom stereocenters. The molecule has 0 aromatic heterocycles. The Morgan fingerprint density at radius 1 is 1.59 bits per heavy atom. The van der Waals surface area contributed by atoms with Crippen LogP contribution in [0.15, 0.2) is 22.7 Å². The van der Waals surface area contributed by atoms with E-state index < -0.39 is 15.7 Å². The molecular weight excluding hydrogens is 308 g/mol. The number of rotatable bonds is 5. The molecule has 0 saturated carbocycles. The van der Waals surface area contributed by atoms with Gasteiger partial charge >= 0.3 is 0 Å². The minimum atomic E-state index is -1.05. The highest BCUT2D eigenvalue weighted by atomic mass is 79.9. The molecule has 1 rings (SSSR count). The summed E-state index contributed by atoms with van der Waals surface area (Å²) in [5, 5.41) is 10.5. The number of halogens is 1. The lowest BCUT2D eigenvalue weighted by Crippen LogP contribution is -2.23. The first kappa shape index (κ1) is 14.3. The first-order valence-corrected chi connectivity index (χ1v) is 7.21. The standard InChI is InChI=1S/C10H13BrN2O3S/c1-7(12)5-17(16)6-8-2-3-9(13(14)15)4-10(8)11/h2-4,7H,5-6,12H2,1H3. The van der Waals surface area contributed by atoms with Crippen molar-refractivity contribution in [3.05, 3.63) is 38.3 Å². The van der Waals surface area contributed by atoms with Crippen LogP contribution in [0.2, 0.25) is 0 Å². The molecule has 0 aliphatic rings. The van der Waals surface area contributed by atoms with E-state index >= 15 is 0 Å². The molecule has 2 unspecified atom stereocenters. The van der Waals surface area contributed by atoms with Crippen LogP contribution in [0, 0.1) is 10.1 Å². The summed E-state index contributed by atoms with van der Waals surface area (Å²) in [6.07, 6.45) is 0. The third kappa shape index (κ3) is 4.53. The van der Waals surface area contributed by atoms with Crippen molar-refractivity contribution in [1.82, 2.24) is 0 Å². The van der Waals surface area contributed by atoms with Crippen LogP contribution in [0.3, 0.4) is 0 Å². The van der Waals surface area contributed by atoms with E-state index in [0.717, 1.165) is 5.56 Å². The highest BCUT2D eigenvalue weighted by molar-refractivity contribution is 9.10. The summed E-state index contributed by atoms with van der Waals surface area (Å²) in [5.74, 6) is 0.767. The van der Waals surface area contributed by atoms with E-state index in [1.807, 2.05) is 0 Å². The minimum absolute atomic E-state index is 0.0126. The van der Waals surface area contributed by atoms with Gasteiger partial charge < -0.3 is 5.73 Å². The third-order valence-electron chi connectivity index (χ3n) is 2.01. The molecular formula is C10H13BrN2O3S. The van der Waals surface area contributed by atoms with Crippen molar-refractivity contribution in [3.8, 4) is 0 Å². The fraction of sp³-hybridized carbons (Fsp3) is 0.400. The quantitative estimate of drug-likeness (QED) is 0.663. The summed E-state index contributed by atoms with van der Waals surface area (Å²) in [5.41, 5.74) is 6.35. The predicted molar refractivity (Wildman–Crippen MR) is 71.2 cm³/mol. The Kier molecular flexibility index (Phi) is 5.23. The predicted octanol–water partition coefficient (Wildman–Crippen LogP) is 1.95. The molecule has 17 heavy (non-hydrogen) atoms. The number of nitro groups is 1. The summed E-state index contributed by atoms with van der Waals surface area (Å²) in [4.78, 5) is 10.1. The first-order valence-electron chi connectivity index (χ1n) is 4.93. The Morgan fingerprint density at radius 2 is 2.24 bits per heavy atom. The summed E-state index contributed by atoms with van der Waals surface area (Å²) in [7, 11) is -1.05. The number of benzene rings is 1. The molecule has 0 aliphatic heterocycles. The Labute approximate surface area is 110 Å². The monoisotopic (exact) mass is 320 g/mol. The van der Waals surface area contributed by atoms with Gasteiger partial charge in [0.05, 0.1) is 4.92 Å². The molecule has 0 saturated heterocycles. The van der Waals surface area contributed by atoms with Crippen molar-refractivity contribution < 1.29 is 9.13 Å². The average molecular weight is 321 g/mol. The smallest absolute Gasteiger partial charge is 0.270 e. The summed E-state index contributed by atoms with van der Waals surface area (Å²) in [6, 6.07) is 4.32.